The second-order valence-corrected chi connectivity index (χ2v) is 1.34. The Bertz CT molecular complexity index is 110. The molecule has 0 N–H and O–H groups in total. The molecule has 0 aromatic carbocycles. The van der Waals surface area contributed by atoms with Crippen LogP contribution >= 0.6 is 11.6 Å². The lowest BCUT2D eigenvalue weighted by Gasteiger charge is -1.91. The maximum Gasteiger partial charge on any atom is 0.391 e. The lowest BCUT2D eigenvalue weighted by Crippen LogP contribution is -2.10. The largest absolute Gasteiger partial charge is 0.459 e. The van der Waals surface area contributed by atoms with E-state index in [0.717, 1.165) is 0 Å². The Morgan fingerprint density at radius 1 is 1.62 bits per heavy atom. The van der Waals surface area contributed by atoms with Gasteiger partial charge in [0.25, 0.3) is 0 Å². The molecule has 0 bridgehead atoms. The highest BCUT2D eigenvalue weighted by molar-refractivity contribution is 6.80. The van der Waals surface area contributed by atoms with Crippen molar-refractivity contribution in [1.82, 2.24) is 0 Å². The van der Waals surface area contributed by atoms with Crippen molar-refractivity contribution in [2.24, 2.45) is 0 Å². The van der Waals surface area contributed by atoms with Crippen LogP contribution in [0.4, 0.5) is 0 Å². The van der Waals surface area contributed by atoms with E-state index in [1.54, 1.807) is 6.92 Å². The monoisotopic (exact) mass is 138 g/mol. The molecule has 0 radical (unpaired) electrons. The third kappa shape index (κ3) is 2.58. The molecule has 0 fully saturated rings. The molecule has 0 saturated carbocycles. The maximum absolute atomic E-state index is 10.0. The lowest BCUT2D eigenvalue weighted by atomic mass is 10.8. The van der Waals surface area contributed by atoms with Gasteiger partial charge in [0.1, 0.15) is 0 Å². The first kappa shape index (κ1) is 7.43. The number of rotatable bonds is 2. The molecule has 0 atom stereocenters. The van der Waals surface area contributed by atoms with E-state index in [-0.39, 0.29) is 6.61 Å². The Balaban J connectivity index is 3.49. The fourth-order valence-corrected chi connectivity index (χ4v) is 0.242. The molecule has 0 aromatic heterocycles. The van der Waals surface area contributed by atoms with Crippen LogP contribution in [0.3, 0.4) is 0 Å². The zero-order valence-corrected chi connectivity index (χ0v) is 5.07. The Morgan fingerprint density at radius 3 is 2.25 bits per heavy atom. The summed E-state index contributed by atoms with van der Waals surface area (Å²) >= 11 is 4.69. The summed E-state index contributed by atoms with van der Waals surface area (Å²) in [5, 5.41) is -1.08. The maximum atomic E-state index is 10.0. The molecule has 0 aromatic rings. The molecule has 0 rings (SSSR count). The number of esters is 1. The number of carbonyl (C=O) groups excluding carboxylic acids is 2. The molecule has 0 aliphatic carbocycles. The summed E-state index contributed by atoms with van der Waals surface area (Å²) in [6.45, 7) is 1.77. The van der Waals surface area contributed by atoms with Crippen molar-refractivity contribution in [3.05, 3.63) is 0 Å². The van der Waals surface area contributed by atoms with Crippen LogP contribution in [0.15, 0.2) is 0 Å². The standard InChI is InChI=1S/C4H5ClO3/c1-2-8-4(7)3(5)6/h2H2,1H3/i1+1,2+1. The van der Waals surface area contributed by atoms with Crippen LogP contribution in [0.1, 0.15) is 6.92 Å². The van der Waals surface area contributed by atoms with Gasteiger partial charge in [-0.3, -0.25) is 4.79 Å². The smallest absolute Gasteiger partial charge is 0.391 e. The molecule has 8 heavy (non-hydrogen) atoms. The van der Waals surface area contributed by atoms with Crippen LogP contribution in [0.5, 0.6) is 0 Å². The van der Waals surface area contributed by atoms with Crippen molar-refractivity contribution in [2.45, 2.75) is 6.92 Å². The molecular formula is C4H5ClO3. The first-order valence-corrected chi connectivity index (χ1v) is 2.43. The van der Waals surface area contributed by atoms with Crippen LogP contribution in [-0.2, 0) is 14.3 Å². The summed E-state index contributed by atoms with van der Waals surface area (Å²) in [5.41, 5.74) is 0. The predicted molar refractivity (Wildman–Crippen MR) is 27.5 cm³/mol. The van der Waals surface area contributed by atoms with E-state index in [9.17, 15) is 9.59 Å². The van der Waals surface area contributed by atoms with E-state index in [2.05, 4.69) is 4.74 Å². The predicted octanol–water partition coefficient (Wildman–Crippen LogP) is 0.315. The SMILES string of the molecule is [13CH3][13CH2]OC(=O)C(=O)Cl. The Kier molecular flexibility index (Phi) is 3.19. The zero-order chi connectivity index (χ0) is 6.57. The summed E-state index contributed by atoms with van der Waals surface area (Å²) in [5.74, 6) is -0.992. The van der Waals surface area contributed by atoms with Gasteiger partial charge in [0.15, 0.2) is 0 Å². The van der Waals surface area contributed by atoms with Crippen molar-refractivity contribution in [3.8, 4) is 0 Å². The molecule has 0 aliphatic rings. The van der Waals surface area contributed by atoms with Crippen molar-refractivity contribution < 1.29 is 14.3 Å². The van der Waals surface area contributed by atoms with E-state index >= 15 is 0 Å². The van der Waals surface area contributed by atoms with Crippen LogP contribution in [0.25, 0.3) is 0 Å². The molecule has 0 aliphatic heterocycles. The van der Waals surface area contributed by atoms with Crippen LogP contribution in [0.2, 0.25) is 0 Å². The number of ether oxygens (including phenoxy) is 1. The molecule has 0 heterocycles. The van der Waals surface area contributed by atoms with Crippen molar-refractivity contribution in [1.29, 1.82) is 0 Å². The minimum absolute atomic E-state index is 0.178. The average Bonchev–Trinajstić information content (AvgIpc) is 1.67. The fourth-order valence-electron chi connectivity index (χ4n) is 0.188. The van der Waals surface area contributed by atoms with Gasteiger partial charge in [0, 0.05) is 0 Å². The molecule has 46 valence electrons. The topological polar surface area (TPSA) is 43.4 Å². The normalized spacial score (nSPS) is 8.25. The third-order valence-electron chi connectivity index (χ3n) is 0.436. The highest BCUT2D eigenvalue weighted by Crippen LogP contribution is 1.83. The van der Waals surface area contributed by atoms with Crippen LogP contribution < -0.4 is 0 Å². The van der Waals surface area contributed by atoms with Gasteiger partial charge in [-0.15, -0.1) is 0 Å². The summed E-state index contributed by atoms with van der Waals surface area (Å²) in [6, 6.07) is 0. The van der Waals surface area contributed by atoms with E-state index in [1.807, 2.05) is 0 Å². The van der Waals surface area contributed by atoms with E-state index in [4.69, 9.17) is 11.6 Å². The van der Waals surface area contributed by atoms with Gasteiger partial charge in [-0.25, -0.2) is 4.79 Å². The summed E-state index contributed by atoms with van der Waals surface area (Å²) < 4.78 is 4.18. The molecular weight excluding hydrogens is 133 g/mol. The van der Waals surface area contributed by atoms with Gasteiger partial charge in [-0.1, -0.05) is 0 Å². The minimum atomic E-state index is -1.08. The van der Waals surface area contributed by atoms with Gasteiger partial charge >= 0.3 is 11.2 Å². The Morgan fingerprint density at radius 2 is 2.12 bits per heavy atom. The highest BCUT2D eigenvalue weighted by atomic mass is 35.5. The minimum Gasteiger partial charge on any atom is -0.459 e. The number of carbonyl (C=O) groups is 2. The Labute approximate surface area is 51.6 Å². The van der Waals surface area contributed by atoms with Gasteiger partial charge in [-0.2, -0.15) is 0 Å². The first-order chi connectivity index (χ1) is 3.68. The van der Waals surface area contributed by atoms with E-state index in [0.29, 0.717) is 0 Å². The van der Waals surface area contributed by atoms with Crippen LogP contribution in [0, 0.1) is 0 Å². The molecule has 0 amide bonds. The molecule has 0 unspecified atom stereocenters. The highest BCUT2D eigenvalue weighted by Gasteiger charge is 2.08. The summed E-state index contributed by atoms with van der Waals surface area (Å²) in [6.07, 6.45) is 0. The summed E-state index contributed by atoms with van der Waals surface area (Å²) in [4.78, 5) is 19.9. The molecule has 4 heteroatoms. The average molecular weight is 139 g/mol. The first-order valence-electron chi connectivity index (χ1n) is 2.05. The van der Waals surface area contributed by atoms with Crippen LogP contribution in [-0.4, -0.2) is 17.8 Å². The van der Waals surface area contributed by atoms with E-state index < -0.39 is 11.2 Å². The molecule has 3 nitrogen and oxygen atoms in total. The third-order valence-corrected chi connectivity index (χ3v) is 0.590. The Hall–Kier alpha value is -0.570. The molecule has 0 saturated heterocycles. The zero-order valence-electron chi connectivity index (χ0n) is 4.31. The number of hydrogen-bond donors (Lipinski definition) is 0. The van der Waals surface area contributed by atoms with E-state index in [1.165, 1.54) is 0 Å². The number of hydrogen-bond acceptors (Lipinski definition) is 3. The van der Waals surface area contributed by atoms with Crippen molar-refractivity contribution >= 4 is 22.8 Å². The second kappa shape index (κ2) is 3.43. The van der Waals surface area contributed by atoms with Crippen molar-refractivity contribution in [3.63, 3.8) is 0 Å². The summed E-state index contributed by atoms with van der Waals surface area (Å²) in [7, 11) is 0. The fraction of sp³-hybridized carbons (Fsp3) is 0.500. The van der Waals surface area contributed by atoms with Gasteiger partial charge in [0.05, 0.1) is 6.61 Å². The quantitative estimate of drug-likeness (QED) is 0.239. The van der Waals surface area contributed by atoms with Gasteiger partial charge in [-0.05, 0) is 18.5 Å². The van der Waals surface area contributed by atoms with Gasteiger partial charge < -0.3 is 4.74 Å². The van der Waals surface area contributed by atoms with Gasteiger partial charge in [0.2, 0.25) is 0 Å². The number of halogens is 1. The molecule has 0 spiro atoms. The van der Waals surface area contributed by atoms with Crippen molar-refractivity contribution in [2.75, 3.05) is 6.61 Å². The lowest BCUT2D eigenvalue weighted by molar-refractivity contribution is -0.149. The second-order valence-electron chi connectivity index (χ2n) is 0.994.